The van der Waals surface area contributed by atoms with Crippen LogP contribution in [0.25, 0.3) is 0 Å². The van der Waals surface area contributed by atoms with Gasteiger partial charge in [-0.25, -0.2) is 0 Å². The van der Waals surface area contributed by atoms with Gasteiger partial charge in [0, 0.05) is 6.61 Å². The summed E-state index contributed by atoms with van der Waals surface area (Å²) in [6.45, 7) is 2.92. The summed E-state index contributed by atoms with van der Waals surface area (Å²) in [5.74, 6) is 0. The summed E-state index contributed by atoms with van der Waals surface area (Å²) in [4.78, 5) is 0. The van der Waals surface area contributed by atoms with Gasteiger partial charge in [-0.2, -0.15) is 0 Å². The predicted octanol–water partition coefficient (Wildman–Crippen LogP) is 2.63. The summed E-state index contributed by atoms with van der Waals surface area (Å²) in [5, 5.41) is 8.73. The summed E-state index contributed by atoms with van der Waals surface area (Å²) in [6.07, 6.45) is 5.45. The first-order chi connectivity index (χ1) is 5.27. The van der Waals surface area contributed by atoms with Crippen LogP contribution < -0.4 is 0 Å². The van der Waals surface area contributed by atoms with E-state index in [1.807, 2.05) is 0 Å². The molecule has 0 atom stereocenters. The van der Waals surface area contributed by atoms with Gasteiger partial charge in [0.15, 0.2) is 0 Å². The molecular formula is C9H20OSi. The van der Waals surface area contributed by atoms with Gasteiger partial charge in [-0.3, -0.25) is 0 Å². The van der Waals surface area contributed by atoms with E-state index in [4.69, 9.17) is 5.11 Å². The van der Waals surface area contributed by atoms with Crippen LogP contribution in [-0.2, 0) is 0 Å². The second-order valence-electron chi connectivity index (χ2n) is 4.20. The molecule has 0 saturated carbocycles. The van der Waals surface area contributed by atoms with E-state index in [2.05, 4.69) is 6.55 Å². The molecule has 1 nitrogen and oxygen atoms in total. The maximum Gasteiger partial charge on any atom is 0.0505 e. The molecule has 0 amide bonds. The Morgan fingerprint density at radius 3 is 2.36 bits per heavy atom. The minimum absolute atomic E-state index is 0.405. The molecule has 0 aromatic rings. The Hall–Kier alpha value is 0.177. The van der Waals surface area contributed by atoms with Gasteiger partial charge < -0.3 is 5.11 Å². The monoisotopic (exact) mass is 172 g/mol. The molecule has 1 saturated heterocycles. The van der Waals surface area contributed by atoms with Crippen molar-refractivity contribution in [3.8, 4) is 0 Å². The lowest BCUT2D eigenvalue weighted by molar-refractivity contribution is 0.294. The third-order valence-electron chi connectivity index (χ3n) is 3.00. The van der Waals surface area contributed by atoms with Crippen molar-refractivity contribution in [1.29, 1.82) is 0 Å². The minimum Gasteiger partial charge on any atom is -0.396 e. The van der Waals surface area contributed by atoms with Crippen LogP contribution in [-0.4, -0.2) is 19.8 Å². The zero-order valence-corrected chi connectivity index (χ0v) is 8.60. The molecule has 11 heavy (non-hydrogen) atoms. The van der Waals surface area contributed by atoms with E-state index in [1.54, 1.807) is 0 Å². The first-order valence-electron chi connectivity index (χ1n) is 4.88. The summed E-state index contributed by atoms with van der Waals surface area (Å²) < 4.78 is 0. The molecule has 1 rings (SSSR count). The third-order valence-corrected chi connectivity index (χ3v) is 7.68. The quantitative estimate of drug-likeness (QED) is 0.649. The number of rotatable bonds is 3. The highest BCUT2D eigenvalue weighted by Gasteiger charge is 2.27. The van der Waals surface area contributed by atoms with E-state index in [9.17, 15) is 0 Å². The minimum atomic E-state index is -0.818. The first kappa shape index (κ1) is 9.27. The number of aliphatic hydroxyl groups is 1. The van der Waals surface area contributed by atoms with Crippen LogP contribution >= 0.6 is 0 Å². The van der Waals surface area contributed by atoms with Gasteiger partial charge in [-0.1, -0.05) is 43.9 Å². The summed E-state index contributed by atoms with van der Waals surface area (Å²) in [6, 6.07) is 4.41. The molecule has 66 valence electrons. The maximum atomic E-state index is 8.73. The summed E-state index contributed by atoms with van der Waals surface area (Å²) >= 11 is 0. The molecule has 0 bridgehead atoms. The van der Waals surface area contributed by atoms with Crippen LogP contribution in [0, 0.1) is 0 Å². The fourth-order valence-electron chi connectivity index (χ4n) is 2.16. The van der Waals surface area contributed by atoms with Crippen molar-refractivity contribution in [2.45, 2.75) is 50.4 Å². The fraction of sp³-hybridized carbons (Fsp3) is 1.00. The van der Waals surface area contributed by atoms with Crippen molar-refractivity contribution in [2.24, 2.45) is 0 Å². The Kier molecular flexibility index (Phi) is 3.59. The molecule has 2 heteroatoms. The molecule has 0 spiro atoms. The Balaban J connectivity index is 2.25. The van der Waals surface area contributed by atoms with E-state index in [-0.39, 0.29) is 0 Å². The van der Waals surface area contributed by atoms with Gasteiger partial charge in [-0.05, 0) is 6.42 Å². The van der Waals surface area contributed by atoms with Gasteiger partial charge in [0.05, 0.1) is 8.07 Å². The highest BCUT2D eigenvalue weighted by molar-refractivity contribution is 6.78. The van der Waals surface area contributed by atoms with Crippen LogP contribution in [0.2, 0.25) is 24.7 Å². The molecule has 1 fully saturated rings. The Morgan fingerprint density at radius 1 is 1.18 bits per heavy atom. The smallest absolute Gasteiger partial charge is 0.0505 e. The van der Waals surface area contributed by atoms with E-state index in [0.29, 0.717) is 6.61 Å². The van der Waals surface area contributed by atoms with Crippen LogP contribution in [0.5, 0.6) is 0 Å². The maximum absolute atomic E-state index is 8.73. The van der Waals surface area contributed by atoms with Crippen LogP contribution in [0.15, 0.2) is 0 Å². The lowest BCUT2D eigenvalue weighted by atomic mass is 10.3. The Morgan fingerprint density at radius 2 is 1.82 bits per heavy atom. The molecule has 1 aliphatic rings. The van der Waals surface area contributed by atoms with Crippen molar-refractivity contribution in [2.75, 3.05) is 6.61 Å². The van der Waals surface area contributed by atoms with Crippen molar-refractivity contribution in [3.63, 3.8) is 0 Å². The van der Waals surface area contributed by atoms with Crippen molar-refractivity contribution in [3.05, 3.63) is 0 Å². The SMILES string of the molecule is C[Si]1(CCCO)CCCCC1. The number of hydrogen-bond acceptors (Lipinski definition) is 1. The molecule has 1 N–H and O–H groups in total. The van der Waals surface area contributed by atoms with Crippen LogP contribution in [0.1, 0.15) is 25.7 Å². The van der Waals surface area contributed by atoms with Gasteiger partial charge in [0.25, 0.3) is 0 Å². The molecular weight excluding hydrogens is 152 g/mol. The Bertz CT molecular complexity index is 108. The van der Waals surface area contributed by atoms with E-state index in [0.717, 1.165) is 6.42 Å². The van der Waals surface area contributed by atoms with E-state index < -0.39 is 8.07 Å². The van der Waals surface area contributed by atoms with Crippen molar-refractivity contribution < 1.29 is 5.11 Å². The highest BCUT2D eigenvalue weighted by atomic mass is 28.3. The van der Waals surface area contributed by atoms with Crippen LogP contribution in [0.4, 0.5) is 0 Å². The third kappa shape index (κ3) is 2.95. The van der Waals surface area contributed by atoms with E-state index in [1.165, 1.54) is 37.4 Å². The second-order valence-corrected chi connectivity index (χ2v) is 9.32. The fourth-order valence-corrected chi connectivity index (χ4v) is 6.13. The second kappa shape index (κ2) is 4.26. The number of aliphatic hydroxyl groups excluding tert-OH is 1. The highest BCUT2D eigenvalue weighted by Crippen LogP contribution is 2.32. The summed E-state index contributed by atoms with van der Waals surface area (Å²) in [7, 11) is -0.818. The van der Waals surface area contributed by atoms with Gasteiger partial charge in [0.2, 0.25) is 0 Å². The molecule has 0 aromatic carbocycles. The molecule has 0 unspecified atom stereocenters. The average Bonchev–Trinajstić information content (AvgIpc) is 2.03. The number of hydrogen-bond donors (Lipinski definition) is 1. The Labute approximate surface area is 70.8 Å². The summed E-state index contributed by atoms with van der Waals surface area (Å²) in [5.41, 5.74) is 0. The zero-order valence-electron chi connectivity index (χ0n) is 7.60. The molecule has 0 radical (unpaired) electrons. The average molecular weight is 172 g/mol. The van der Waals surface area contributed by atoms with Gasteiger partial charge in [-0.15, -0.1) is 0 Å². The predicted molar refractivity (Wildman–Crippen MR) is 51.6 cm³/mol. The zero-order chi connectivity index (χ0) is 8.16. The first-order valence-corrected chi connectivity index (χ1v) is 8.00. The molecule has 1 heterocycles. The topological polar surface area (TPSA) is 20.2 Å². The molecule has 0 aromatic heterocycles. The van der Waals surface area contributed by atoms with Gasteiger partial charge >= 0.3 is 0 Å². The lowest BCUT2D eigenvalue weighted by Gasteiger charge is -2.31. The largest absolute Gasteiger partial charge is 0.396 e. The van der Waals surface area contributed by atoms with Crippen molar-refractivity contribution in [1.82, 2.24) is 0 Å². The molecule has 1 aliphatic heterocycles. The normalized spacial score (nSPS) is 23.5. The van der Waals surface area contributed by atoms with Crippen molar-refractivity contribution >= 4 is 8.07 Å². The molecule has 0 aliphatic carbocycles. The standard InChI is InChI=1S/C9H20OSi/c1-11(9-5-6-10)7-3-2-4-8-11/h10H,2-9H2,1H3. The lowest BCUT2D eigenvalue weighted by Crippen LogP contribution is -2.32. The van der Waals surface area contributed by atoms with E-state index >= 15 is 0 Å². The van der Waals surface area contributed by atoms with Gasteiger partial charge in [0.1, 0.15) is 0 Å². The van der Waals surface area contributed by atoms with Crippen LogP contribution in [0.3, 0.4) is 0 Å².